The fourth-order valence-corrected chi connectivity index (χ4v) is 2.67. The molecule has 0 aliphatic rings. The van der Waals surface area contributed by atoms with Crippen molar-refractivity contribution in [1.29, 1.82) is 0 Å². The Morgan fingerprint density at radius 3 is 2.76 bits per heavy atom. The van der Waals surface area contributed by atoms with Crippen molar-refractivity contribution in [3.05, 3.63) is 16.1 Å². The fraction of sp³-hybridized carbons (Fsp3) is 0.769. The lowest BCUT2D eigenvalue weighted by atomic mass is 10.00. The summed E-state index contributed by atoms with van der Waals surface area (Å²) in [6, 6.07) is 0.304. The Labute approximate surface area is 108 Å². The number of hydrogen-bond donors (Lipinski definition) is 2. The standard InChI is InChI=1S/C13H24N2OS/c1-4-5-12(6-7-16)8-14-10(2)13-9-17-11(3)15-13/h9-10,12,14,16H,4-8H2,1-3H3. The first-order valence-electron chi connectivity index (χ1n) is 6.43. The average molecular weight is 256 g/mol. The van der Waals surface area contributed by atoms with E-state index >= 15 is 0 Å². The summed E-state index contributed by atoms with van der Waals surface area (Å²) in [5.74, 6) is 0.576. The molecule has 2 unspecified atom stereocenters. The number of hydrogen-bond acceptors (Lipinski definition) is 4. The number of nitrogens with zero attached hydrogens (tertiary/aromatic N) is 1. The third-order valence-corrected chi connectivity index (χ3v) is 3.82. The van der Waals surface area contributed by atoms with Crippen LogP contribution in [0.25, 0.3) is 0 Å². The Balaban J connectivity index is 2.37. The van der Waals surface area contributed by atoms with Crippen LogP contribution < -0.4 is 5.32 Å². The first kappa shape index (κ1) is 14.6. The molecule has 0 spiro atoms. The topological polar surface area (TPSA) is 45.1 Å². The molecule has 4 heteroatoms. The van der Waals surface area contributed by atoms with E-state index in [-0.39, 0.29) is 6.61 Å². The third-order valence-electron chi connectivity index (χ3n) is 3.03. The lowest BCUT2D eigenvalue weighted by molar-refractivity contribution is 0.245. The van der Waals surface area contributed by atoms with Gasteiger partial charge in [-0.15, -0.1) is 11.3 Å². The van der Waals surface area contributed by atoms with Crippen LogP contribution in [0.4, 0.5) is 0 Å². The number of nitrogens with one attached hydrogen (secondary N) is 1. The lowest BCUT2D eigenvalue weighted by Gasteiger charge is -2.18. The number of thiazole rings is 1. The molecule has 0 aliphatic carbocycles. The van der Waals surface area contributed by atoms with Gasteiger partial charge in [0, 0.05) is 18.0 Å². The van der Waals surface area contributed by atoms with Gasteiger partial charge < -0.3 is 10.4 Å². The van der Waals surface area contributed by atoms with Crippen LogP contribution >= 0.6 is 11.3 Å². The Kier molecular flexibility index (Phi) is 6.70. The predicted molar refractivity (Wildman–Crippen MR) is 73.4 cm³/mol. The first-order chi connectivity index (χ1) is 8.17. The largest absolute Gasteiger partial charge is 0.396 e. The summed E-state index contributed by atoms with van der Waals surface area (Å²) in [5, 5.41) is 15.8. The molecule has 2 N–H and O–H groups in total. The normalized spacial score (nSPS) is 14.8. The highest BCUT2D eigenvalue weighted by Crippen LogP contribution is 2.17. The fourth-order valence-electron chi connectivity index (χ4n) is 1.97. The second kappa shape index (κ2) is 7.80. The minimum Gasteiger partial charge on any atom is -0.396 e. The van der Waals surface area contributed by atoms with Crippen molar-refractivity contribution in [1.82, 2.24) is 10.3 Å². The van der Waals surface area contributed by atoms with Gasteiger partial charge in [-0.1, -0.05) is 13.3 Å². The molecule has 1 heterocycles. The average Bonchev–Trinajstić information content (AvgIpc) is 2.73. The van der Waals surface area contributed by atoms with Gasteiger partial charge in [0.2, 0.25) is 0 Å². The molecule has 0 fully saturated rings. The van der Waals surface area contributed by atoms with Gasteiger partial charge >= 0.3 is 0 Å². The summed E-state index contributed by atoms with van der Waals surface area (Å²) in [4.78, 5) is 4.49. The molecule has 0 radical (unpaired) electrons. The molecule has 0 saturated carbocycles. The molecule has 0 aromatic carbocycles. The van der Waals surface area contributed by atoms with Crippen LogP contribution in [0.2, 0.25) is 0 Å². The Morgan fingerprint density at radius 1 is 1.47 bits per heavy atom. The van der Waals surface area contributed by atoms with E-state index < -0.39 is 0 Å². The summed E-state index contributed by atoms with van der Waals surface area (Å²) in [7, 11) is 0. The van der Waals surface area contributed by atoms with Crippen molar-refractivity contribution in [2.45, 2.75) is 46.1 Å². The molecule has 98 valence electrons. The number of rotatable bonds is 8. The van der Waals surface area contributed by atoms with E-state index in [1.54, 1.807) is 11.3 Å². The molecule has 0 saturated heterocycles. The van der Waals surface area contributed by atoms with Gasteiger partial charge in [0.25, 0.3) is 0 Å². The van der Waals surface area contributed by atoms with Crippen LogP contribution in [0.15, 0.2) is 5.38 Å². The zero-order valence-corrected chi connectivity index (χ0v) is 11.9. The maximum Gasteiger partial charge on any atom is 0.0898 e. The summed E-state index contributed by atoms with van der Waals surface area (Å²) >= 11 is 1.70. The molecule has 0 amide bonds. The van der Waals surface area contributed by atoms with Crippen LogP contribution in [0.3, 0.4) is 0 Å². The van der Waals surface area contributed by atoms with Crippen molar-refractivity contribution >= 4 is 11.3 Å². The summed E-state index contributed by atoms with van der Waals surface area (Å²) in [6.45, 7) is 7.63. The number of aliphatic hydroxyl groups excluding tert-OH is 1. The maximum absolute atomic E-state index is 9.01. The molecule has 3 nitrogen and oxygen atoms in total. The lowest BCUT2D eigenvalue weighted by Crippen LogP contribution is -2.26. The minimum atomic E-state index is 0.288. The molecule has 1 rings (SSSR count). The third kappa shape index (κ3) is 5.15. The second-order valence-electron chi connectivity index (χ2n) is 4.59. The summed E-state index contributed by atoms with van der Waals surface area (Å²) in [5.41, 5.74) is 1.13. The quantitative estimate of drug-likeness (QED) is 0.751. The predicted octanol–water partition coefficient (Wildman–Crippen LogP) is 2.90. The summed E-state index contributed by atoms with van der Waals surface area (Å²) < 4.78 is 0. The van der Waals surface area contributed by atoms with Crippen LogP contribution in [0, 0.1) is 12.8 Å². The van der Waals surface area contributed by atoms with Crippen molar-refractivity contribution < 1.29 is 5.11 Å². The maximum atomic E-state index is 9.01. The van der Waals surface area contributed by atoms with E-state index in [9.17, 15) is 0 Å². The van der Waals surface area contributed by atoms with Gasteiger partial charge in [-0.25, -0.2) is 4.98 Å². The SMILES string of the molecule is CCCC(CCO)CNC(C)c1csc(C)n1. The molecule has 2 atom stereocenters. The Bertz CT molecular complexity index is 308. The molecule has 17 heavy (non-hydrogen) atoms. The van der Waals surface area contributed by atoms with Crippen LogP contribution in [0.5, 0.6) is 0 Å². The second-order valence-corrected chi connectivity index (χ2v) is 5.65. The molecule has 1 aromatic heterocycles. The van der Waals surface area contributed by atoms with Gasteiger partial charge in [0.05, 0.1) is 10.7 Å². The van der Waals surface area contributed by atoms with E-state index in [0.717, 1.165) is 23.7 Å². The molecule has 0 aliphatic heterocycles. The minimum absolute atomic E-state index is 0.288. The zero-order chi connectivity index (χ0) is 12.7. The van der Waals surface area contributed by atoms with E-state index in [2.05, 4.69) is 29.5 Å². The zero-order valence-electron chi connectivity index (χ0n) is 11.1. The number of aliphatic hydroxyl groups is 1. The summed E-state index contributed by atoms with van der Waals surface area (Å²) in [6.07, 6.45) is 3.25. The van der Waals surface area contributed by atoms with Gasteiger partial charge in [0.1, 0.15) is 0 Å². The van der Waals surface area contributed by atoms with E-state index in [1.165, 1.54) is 12.8 Å². The van der Waals surface area contributed by atoms with E-state index in [0.29, 0.717) is 12.0 Å². The van der Waals surface area contributed by atoms with E-state index in [1.807, 2.05) is 6.92 Å². The Morgan fingerprint density at radius 2 is 2.24 bits per heavy atom. The monoisotopic (exact) mass is 256 g/mol. The van der Waals surface area contributed by atoms with Gasteiger partial charge in [-0.2, -0.15) is 0 Å². The highest BCUT2D eigenvalue weighted by Gasteiger charge is 2.12. The highest BCUT2D eigenvalue weighted by atomic mass is 32.1. The van der Waals surface area contributed by atoms with Crippen molar-refractivity contribution in [3.8, 4) is 0 Å². The smallest absolute Gasteiger partial charge is 0.0898 e. The molecule has 0 bridgehead atoms. The molecule has 1 aromatic rings. The highest BCUT2D eigenvalue weighted by molar-refractivity contribution is 7.09. The van der Waals surface area contributed by atoms with Gasteiger partial charge in [-0.3, -0.25) is 0 Å². The van der Waals surface area contributed by atoms with E-state index in [4.69, 9.17) is 5.11 Å². The molecular formula is C13H24N2OS. The van der Waals surface area contributed by atoms with Gasteiger partial charge in [-0.05, 0) is 39.2 Å². The van der Waals surface area contributed by atoms with Crippen molar-refractivity contribution in [3.63, 3.8) is 0 Å². The van der Waals surface area contributed by atoms with Crippen LogP contribution in [0.1, 0.15) is 49.9 Å². The Hall–Kier alpha value is -0.450. The van der Waals surface area contributed by atoms with Gasteiger partial charge in [0.15, 0.2) is 0 Å². The van der Waals surface area contributed by atoms with Crippen molar-refractivity contribution in [2.24, 2.45) is 5.92 Å². The number of aromatic nitrogens is 1. The first-order valence-corrected chi connectivity index (χ1v) is 7.31. The van der Waals surface area contributed by atoms with Crippen LogP contribution in [-0.2, 0) is 0 Å². The van der Waals surface area contributed by atoms with Crippen molar-refractivity contribution in [2.75, 3.05) is 13.2 Å². The van der Waals surface area contributed by atoms with Crippen LogP contribution in [-0.4, -0.2) is 23.2 Å². The molecular weight excluding hydrogens is 232 g/mol. The number of aryl methyl sites for hydroxylation is 1.